The van der Waals surface area contributed by atoms with E-state index in [4.69, 9.17) is 4.74 Å². The van der Waals surface area contributed by atoms with Crippen LogP contribution in [0.4, 0.5) is 0 Å². The van der Waals surface area contributed by atoms with Crippen molar-refractivity contribution >= 4 is 17.8 Å². The monoisotopic (exact) mass is 477 g/mol. The molecule has 7 nitrogen and oxygen atoms in total. The summed E-state index contributed by atoms with van der Waals surface area (Å²) in [5.74, 6) is 0.0100. The van der Waals surface area contributed by atoms with Crippen molar-refractivity contribution in [2.75, 3.05) is 32.7 Å². The second-order valence-corrected chi connectivity index (χ2v) is 9.70. The van der Waals surface area contributed by atoms with Gasteiger partial charge < -0.3 is 15.0 Å². The second-order valence-electron chi connectivity index (χ2n) is 9.70. The van der Waals surface area contributed by atoms with E-state index < -0.39 is 0 Å². The lowest BCUT2D eigenvalue weighted by Crippen LogP contribution is -2.49. The number of esters is 1. The Hall–Kier alpha value is -3.19. The predicted octanol–water partition coefficient (Wildman–Crippen LogP) is 3.38. The molecule has 0 spiro atoms. The van der Waals surface area contributed by atoms with Gasteiger partial charge in [0.2, 0.25) is 5.91 Å². The third-order valence-corrected chi connectivity index (χ3v) is 6.74. The van der Waals surface area contributed by atoms with Crippen LogP contribution in [0.3, 0.4) is 0 Å². The first-order valence-electron chi connectivity index (χ1n) is 12.6. The van der Waals surface area contributed by atoms with Crippen LogP contribution in [0.5, 0.6) is 5.75 Å². The maximum Gasteiger partial charge on any atom is 0.318 e. The lowest BCUT2D eigenvalue weighted by molar-refractivity contribution is -0.136. The molecule has 0 radical (unpaired) electrons. The van der Waals surface area contributed by atoms with Gasteiger partial charge in [-0.3, -0.25) is 19.3 Å². The van der Waals surface area contributed by atoms with Gasteiger partial charge in [0, 0.05) is 50.7 Å². The van der Waals surface area contributed by atoms with Crippen molar-refractivity contribution in [3.05, 3.63) is 65.2 Å². The highest BCUT2D eigenvalue weighted by molar-refractivity contribution is 5.94. The van der Waals surface area contributed by atoms with Gasteiger partial charge in [-0.1, -0.05) is 24.3 Å². The van der Waals surface area contributed by atoms with Gasteiger partial charge >= 0.3 is 5.97 Å². The molecule has 1 aliphatic heterocycles. The number of fused-ring (bicyclic) bond motifs is 1. The fraction of sp³-hybridized carbons (Fsp3) is 0.464. The number of nitrogens with one attached hydrogen (secondary N) is 1. The van der Waals surface area contributed by atoms with Gasteiger partial charge in [0.15, 0.2) is 0 Å². The summed E-state index contributed by atoms with van der Waals surface area (Å²) >= 11 is 0. The first-order chi connectivity index (χ1) is 16.9. The van der Waals surface area contributed by atoms with E-state index in [9.17, 15) is 14.4 Å². The number of nitrogens with zero attached hydrogens (tertiary/aromatic N) is 2. The zero-order chi connectivity index (χ0) is 24.8. The predicted molar refractivity (Wildman–Crippen MR) is 134 cm³/mol. The Morgan fingerprint density at radius 1 is 1.00 bits per heavy atom. The number of piperazine rings is 1. The molecule has 2 aromatic carbocycles. The molecule has 1 heterocycles. The van der Waals surface area contributed by atoms with E-state index in [1.807, 2.05) is 36.9 Å². The molecular weight excluding hydrogens is 442 g/mol. The van der Waals surface area contributed by atoms with Crippen LogP contribution in [-0.2, 0) is 16.0 Å². The fourth-order valence-electron chi connectivity index (χ4n) is 4.86. The molecule has 1 unspecified atom stereocenters. The van der Waals surface area contributed by atoms with Crippen LogP contribution >= 0.6 is 0 Å². The topological polar surface area (TPSA) is 79.0 Å². The van der Waals surface area contributed by atoms with Crippen LogP contribution in [0.2, 0.25) is 0 Å². The molecule has 1 atom stereocenters. The van der Waals surface area contributed by atoms with Crippen LogP contribution in [0.25, 0.3) is 0 Å². The minimum atomic E-state index is -0.242. The lowest BCUT2D eigenvalue weighted by Gasteiger charge is -2.34. The lowest BCUT2D eigenvalue weighted by atomic mass is 9.83. The molecular formula is C28H35N3O4. The number of aryl methyl sites for hydroxylation is 1. The highest BCUT2D eigenvalue weighted by atomic mass is 16.5. The van der Waals surface area contributed by atoms with E-state index in [1.165, 1.54) is 5.56 Å². The summed E-state index contributed by atoms with van der Waals surface area (Å²) < 4.78 is 5.67. The molecule has 1 N–H and O–H groups in total. The molecule has 1 fully saturated rings. The third-order valence-electron chi connectivity index (χ3n) is 6.74. The van der Waals surface area contributed by atoms with Gasteiger partial charge in [-0.05, 0) is 68.5 Å². The minimum absolute atomic E-state index is 0.0266. The number of amides is 2. The number of ether oxygens (including phenoxy) is 1. The van der Waals surface area contributed by atoms with Gasteiger partial charge in [0.05, 0.1) is 5.92 Å². The minimum Gasteiger partial charge on any atom is -0.426 e. The largest absolute Gasteiger partial charge is 0.426 e. The van der Waals surface area contributed by atoms with E-state index in [-0.39, 0.29) is 29.7 Å². The average molecular weight is 478 g/mol. The molecule has 7 heteroatoms. The number of benzene rings is 2. The van der Waals surface area contributed by atoms with E-state index in [1.54, 1.807) is 24.3 Å². The molecule has 186 valence electrons. The van der Waals surface area contributed by atoms with E-state index in [0.717, 1.165) is 37.9 Å². The summed E-state index contributed by atoms with van der Waals surface area (Å²) in [6.07, 6.45) is 3.24. The van der Waals surface area contributed by atoms with E-state index >= 15 is 0 Å². The summed E-state index contributed by atoms with van der Waals surface area (Å²) in [4.78, 5) is 41.7. The van der Waals surface area contributed by atoms with Crippen molar-refractivity contribution in [1.82, 2.24) is 15.1 Å². The molecule has 0 aromatic heterocycles. The Kier molecular flexibility index (Phi) is 8.18. The molecule has 1 aliphatic carbocycles. The molecule has 1 saturated heterocycles. The maximum atomic E-state index is 12.9. The molecule has 0 saturated carbocycles. The Bertz CT molecular complexity index is 1040. The van der Waals surface area contributed by atoms with Crippen molar-refractivity contribution in [2.24, 2.45) is 0 Å². The van der Waals surface area contributed by atoms with Gasteiger partial charge in [0.1, 0.15) is 5.75 Å². The molecule has 35 heavy (non-hydrogen) atoms. The van der Waals surface area contributed by atoms with Gasteiger partial charge in [-0.2, -0.15) is 0 Å². The van der Waals surface area contributed by atoms with E-state index in [2.05, 4.69) is 16.3 Å². The molecule has 0 bridgehead atoms. The number of hydrogen-bond donors (Lipinski definition) is 1. The molecule has 2 aliphatic rings. The molecule has 2 aromatic rings. The van der Waals surface area contributed by atoms with Crippen LogP contribution in [0.1, 0.15) is 60.5 Å². The number of carbonyl (C=O) groups is 3. The fourth-order valence-corrected chi connectivity index (χ4v) is 4.86. The normalized spacial score (nSPS) is 18.1. The van der Waals surface area contributed by atoms with Gasteiger partial charge in [-0.25, -0.2) is 0 Å². The first kappa shape index (κ1) is 24.9. The highest BCUT2D eigenvalue weighted by Gasteiger charge is 2.28. The summed E-state index contributed by atoms with van der Waals surface area (Å²) in [6.45, 7) is 7.36. The standard InChI is InChI=1S/C28H35N3O4/c1-20(2)29-26(32)14-15-30-16-18-31(19-17-30)27(33)22-10-12-23(13-11-22)35-28(34)25-9-5-7-21-6-3-4-8-24(21)25/h3-4,6,8,10-13,20,25H,5,7,9,14-19H2,1-2H3,(H,29,32). The van der Waals surface area contributed by atoms with E-state index in [0.29, 0.717) is 37.4 Å². The Morgan fingerprint density at radius 3 is 2.43 bits per heavy atom. The Morgan fingerprint density at radius 2 is 1.71 bits per heavy atom. The van der Waals surface area contributed by atoms with Crippen molar-refractivity contribution in [3.63, 3.8) is 0 Å². The zero-order valence-corrected chi connectivity index (χ0v) is 20.7. The summed E-state index contributed by atoms with van der Waals surface area (Å²) in [5.41, 5.74) is 2.87. The summed E-state index contributed by atoms with van der Waals surface area (Å²) in [5, 5.41) is 2.91. The van der Waals surface area contributed by atoms with Crippen LogP contribution in [0.15, 0.2) is 48.5 Å². The van der Waals surface area contributed by atoms with Crippen LogP contribution in [0, 0.1) is 0 Å². The Labute approximate surface area is 207 Å². The van der Waals surface area contributed by atoms with Crippen molar-refractivity contribution in [1.29, 1.82) is 0 Å². The van der Waals surface area contributed by atoms with Crippen molar-refractivity contribution in [3.8, 4) is 5.75 Å². The quantitative estimate of drug-likeness (QED) is 0.489. The Balaban J connectivity index is 1.27. The summed E-state index contributed by atoms with van der Waals surface area (Å²) in [6, 6.07) is 15.1. The van der Waals surface area contributed by atoms with Gasteiger partial charge in [-0.15, -0.1) is 0 Å². The average Bonchev–Trinajstić information content (AvgIpc) is 2.87. The number of carbonyl (C=O) groups excluding carboxylic acids is 3. The van der Waals surface area contributed by atoms with Gasteiger partial charge in [0.25, 0.3) is 5.91 Å². The van der Waals surface area contributed by atoms with Crippen LogP contribution in [-0.4, -0.2) is 66.3 Å². The maximum absolute atomic E-state index is 12.9. The first-order valence-corrected chi connectivity index (χ1v) is 12.6. The van der Waals surface area contributed by atoms with Crippen LogP contribution < -0.4 is 10.1 Å². The van der Waals surface area contributed by atoms with Crippen molar-refractivity contribution < 1.29 is 19.1 Å². The third kappa shape index (κ3) is 6.48. The number of hydrogen-bond acceptors (Lipinski definition) is 5. The SMILES string of the molecule is CC(C)NC(=O)CCN1CCN(C(=O)c2ccc(OC(=O)C3CCCc4ccccc43)cc2)CC1. The smallest absolute Gasteiger partial charge is 0.318 e. The molecule has 4 rings (SSSR count). The summed E-state index contributed by atoms with van der Waals surface area (Å²) in [7, 11) is 0. The number of rotatable bonds is 7. The van der Waals surface area contributed by atoms with Crippen molar-refractivity contribution in [2.45, 2.75) is 51.5 Å². The zero-order valence-electron chi connectivity index (χ0n) is 20.7. The molecule has 2 amide bonds. The highest BCUT2D eigenvalue weighted by Crippen LogP contribution is 2.32. The second kappa shape index (κ2) is 11.5.